The Morgan fingerprint density at radius 1 is 0.857 bits per heavy atom. The molecule has 0 rings (SSSR count). The highest BCUT2D eigenvalue weighted by Crippen LogP contribution is 2.44. The van der Waals surface area contributed by atoms with Crippen LogP contribution in [0, 0.1) is 5.92 Å². The summed E-state index contributed by atoms with van der Waals surface area (Å²) in [6.45, 7) is 2.85. The molecule has 0 fully saturated rings. The highest BCUT2D eigenvalue weighted by molar-refractivity contribution is 7.58. The molecule has 0 saturated carbocycles. The van der Waals surface area contributed by atoms with Crippen LogP contribution in [-0.4, -0.2) is 60.5 Å². The molecule has 0 heterocycles. The smallest absolute Gasteiger partial charge is 0.303 e. The number of hydrogen-bond donors (Lipinski definition) is 2. The van der Waals surface area contributed by atoms with Crippen molar-refractivity contribution in [3.05, 3.63) is 0 Å². The van der Waals surface area contributed by atoms with Gasteiger partial charge in [-0.15, -0.1) is 0 Å². The predicted octanol–water partition coefficient (Wildman–Crippen LogP) is 5.76. The van der Waals surface area contributed by atoms with E-state index >= 15 is 0 Å². The second-order valence-electron chi connectivity index (χ2n) is 9.58. The molecule has 0 aromatic heterocycles. The molecular weight excluding hydrogens is 373 g/mol. The number of carbonyl (C=O) groups is 1. The highest BCUT2D eigenvalue weighted by atomic mass is 31.2. The van der Waals surface area contributed by atoms with Gasteiger partial charge in [0.2, 0.25) is 7.37 Å². The van der Waals surface area contributed by atoms with Gasteiger partial charge in [0.05, 0.1) is 34.1 Å². The fourth-order valence-corrected chi connectivity index (χ4v) is 5.85. The van der Waals surface area contributed by atoms with Crippen molar-refractivity contribution in [3.63, 3.8) is 0 Å². The molecule has 2 unspecified atom stereocenters. The minimum atomic E-state index is -3.24. The molecule has 0 aromatic carbocycles. The fraction of sp³-hybridized carbons (Fsp3) is 0.955. The van der Waals surface area contributed by atoms with Gasteiger partial charge in [-0.2, -0.15) is 0 Å². The summed E-state index contributed by atoms with van der Waals surface area (Å²) in [6, 6.07) is 0. The van der Waals surface area contributed by atoms with E-state index in [1.165, 1.54) is 57.8 Å². The number of unbranched alkanes of at least 4 members (excludes halogenated alkanes) is 11. The maximum absolute atomic E-state index is 12.5. The van der Waals surface area contributed by atoms with Crippen LogP contribution in [0.2, 0.25) is 0 Å². The van der Waals surface area contributed by atoms with Crippen molar-refractivity contribution >= 4 is 13.3 Å². The SMILES string of the molecule is CCCCCCCCCCCCCCP(=O)(O)CC(CC(=O)O)C[N+](C)(C)C. The van der Waals surface area contributed by atoms with E-state index in [0.717, 1.165) is 19.3 Å². The fourth-order valence-electron chi connectivity index (χ4n) is 3.90. The molecule has 0 saturated heterocycles. The monoisotopic (exact) mass is 420 g/mol. The van der Waals surface area contributed by atoms with Gasteiger partial charge in [0.15, 0.2) is 0 Å². The third-order valence-corrected chi connectivity index (χ3v) is 7.28. The quantitative estimate of drug-likeness (QED) is 0.158. The Morgan fingerprint density at radius 2 is 1.29 bits per heavy atom. The zero-order valence-electron chi connectivity index (χ0n) is 19.0. The van der Waals surface area contributed by atoms with E-state index in [1.54, 1.807) is 0 Å². The topological polar surface area (TPSA) is 74.6 Å². The summed E-state index contributed by atoms with van der Waals surface area (Å²) in [5, 5.41) is 9.09. The van der Waals surface area contributed by atoms with Crippen LogP contribution < -0.4 is 0 Å². The molecule has 0 aliphatic heterocycles. The van der Waals surface area contributed by atoms with Gasteiger partial charge in [0, 0.05) is 18.2 Å². The van der Waals surface area contributed by atoms with Crippen LogP contribution in [0.4, 0.5) is 0 Å². The largest absolute Gasteiger partial charge is 0.481 e. The molecule has 2 N–H and O–H groups in total. The van der Waals surface area contributed by atoms with E-state index in [9.17, 15) is 14.3 Å². The van der Waals surface area contributed by atoms with Gasteiger partial charge in [-0.3, -0.25) is 9.36 Å². The molecule has 0 amide bonds. The van der Waals surface area contributed by atoms with Gasteiger partial charge in [-0.05, 0) is 6.42 Å². The van der Waals surface area contributed by atoms with Crippen LogP contribution in [0.15, 0.2) is 0 Å². The lowest BCUT2D eigenvalue weighted by molar-refractivity contribution is -0.873. The minimum Gasteiger partial charge on any atom is -0.481 e. The van der Waals surface area contributed by atoms with E-state index in [4.69, 9.17) is 5.11 Å². The molecule has 5 nitrogen and oxygen atoms in total. The summed E-state index contributed by atoms with van der Waals surface area (Å²) in [7, 11) is 2.72. The van der Waals surface area contributed by atoms with Crippen LogP contribution in [0.5, 0.6) is 0 Å². The number of rotatable bonds is 19. The normalized spacial score (nSPS) is 15.3. The first-order chi connectivity index (χ1) is 13.1. The zero-order chi connectivity index (χ0) is 21.5. The van der Waals surface area contributed by atoms with Crippen LogP contribution in [0.25, 0.3) is 0 Å². The van der Waals surface area contributed by atoms with E-state index in [1.807, 2.05) is 21.1 Å². The van der Waals surface area contributed by atoms with Crippen LogP contribution in [0.1, 0.15) is 90.4 Å². The molecular formula is C22H47NO4P+. The van der Waals surface area contributed by atoms with Crippen molar-refractivity contribution in [2.45, 2.75) is 90.4 Å². The van der Waals surface area contributed by atoms with Gasteiger partial charge < -0.3 is 14.5 Å². The molecule has 0 spiro atoms. The summed E-state index contributed by atoms with van der Waals surface area (Å²) in [5.41, 5.74) is 0. The van der Waals surface area contributed by atoms with Crippen molar-refractivity contribution in [2.24, 2.45) is 5.92 Å². The number of carboxylic acids is 1. The van der Waals surface area contributed by atoms with Crippen LogP contribution >= 0.6 is 7.37 Å². The Hall–Kier alpha value is -0.380. The lowest BCUT2D eigenvalue weighted by Crippen LogP contribution is -2.40. The Morgan fingerprint density at radius 3 is 1.68 bits per heavy atom. The minimum absolute atomic E-state index is 0.0293. The number of aliphatic carboxylic acids is 1. The van der Waals surface area contributed by atoms with Gasteiger partial charge in [0.25, 0.3) is 0 Å². The second-order valence-corrected chi connectivity index (χ2v) is 12.1. The maximum Gasteiger partial charge on any atom is 0.303 e. The van der Waals surface area contributed by atoms with Crippen LogP contribution in [-0.2, 0) is 9.36 Å². The van der Waals surface area contributed by atoms with E-state index in [-0.39, 0.29) is 18.5 Å². The number of carboxylic acid groups (broad SMARTS) is 1. The lowest BCUT2D eigenvalue weighted by Gasteiger charge is -2.29. The van der Waals surface area contributed by atoms with Crippen molar-refractivity contribution in [1.29, 1.82) is 0 Å². The van der Waals surface area contributed by atoms with Crippen molar-refractivity contribution in [2.75, 3.05) is 40.0 Å². The summed E-state index contributed by atoms with van der Waals surface area (Å²) >= 11 is 0. The van der Waals surface area contributed by atoms with Crippen molar-refractivity contribution in [1.82, 2.24) is 0 Å². The standard InChI is InChI=1S/C22H46NO4P/c1-5-6-7-8-9-10-11-12-13-14-15-16-17-28(26,27)20-21(18-22(24)25)19-23(2,3)4/h21H,5-20H2,1-4H3,(H-,24,25,26,27)/p+1. The molecule has 0 radical (unpaired) electrons. The summed E-state index contributed by atoms with van der Waals surface area (Å²) in [4.78, 5) is 21.4. The van der Waals surface area contributed by atoms with Crippen LogP contribution in [0.3, 0.4) is 0 Å². The van der Waals surface area contributed by atoms with Gasteiger partial charge in [-0.25, -0.2) is 0 Å². The van der Waals surface area contributed by atoms with E-state index in [0.29, 0.717) is 17.2 Å². The third-order valence-electron chi connectivity index (χ3n) is 5.17. The molecule has 0 aliphatic rings. The first-order valence-electron chi connectivity index (χ1n) is 11.4. The first kappa shape index (κ1) is 27.6. The average Bonchev–Trinajstić information content (AvgIpc) is 2.53. The molecule has 2 atom stereocenters. The number of quaternary nitrogens is 1. The predicted molar refractivity (Wildman–Crippen MR) is 119 cm³/mol. The molecule has 0 aliphatic carbocycles. The Labute approximate surface area is 173 Å². The van der Waals surface area contributed by atoms with Crippen molar-refractivity contribution < 1.29 is 23.8 Å². The molecule has 28 heavy (non-hydrogen) atoms. The average molecular weight is 421 g/mol. The molecule has 6 heteroatoms. The molecule has 0 bridgehead atoms. The second kappa shape index (κ2) is 15.5. The maximum atomic E-state index is 12.5. The van der Waals surface area contributed by atoms with Crippen molar-refractivity contribution in [3.8, 4) is 0 Å². The Kier molecular flexibility index (Phi) is 15.2. The highest BCUT2D eigenvalue weighted by Gasteiger charge is 2.29. The third kappa shape index (κ3) is 19.0. The number of hydrogen-bond acceptors (Lipinski definition) is 2. The van der Waals surface area contributed by atoms with Gasteiger partial charge >= 0.3 is 5.97 Å². The Bertz CT molecular complexity index is 448. The molecule has 0 aromatic rings. The Balaban J connectivity index is 3.88. The zero-order valence-corrected chi connectivity index (χ0v) is 19.9. The summed E-state index contributed by atoms with van der Waals surface area (Å²) in [6.07, 6.45) is 15.2. The van der Waals surface area contributed by atoms with E-state index in [2.05, 4.69) is 6.92 Å². The molecule has 168 valence electrons. The van der Waals surface area contributed by atoms with E-state index < -0.39 is 13.3 Å². The van der Waals surface area contributed by atoms with Gasteiger partial charge in [-0.1, -0.05) is 77.6 Å². The summed E-state index contributed by atoms with van der Waals surface area (Å²) in [5.74, 6) is -1.13. The number of nitrogens with zero attached hydrogens (tertiary/aromatic N) is 1. The first-order valence-corrected chi connectivity index (χ1v) is 13.4. The van der Waals surface area contributed by atoms with Gasteiger partial charge in [0.1, 0.15) is 0 Å². The summed E-state index contributed by atoms with van der Waals surface area (Å²) < 4.78 is 13.1. The lowest BCUT2D eigenvalue weighted by atomic mass is 10.1.